The molecule has 0 fully saturated rings. The van der Waals surface area contributed by atoms with Gasteiger partial charge < -0.3 is 5.73 Å². The van der Waals surface area contributed by atoms with Gasteiger partial charge in [0.1, 0.15) is 5.82 Å². The first-order valence-corrected chi connectivity index (χ1v) is 5.04. The number of hydrogen-bond donors (Lipinski definition) is 1. The zero-order valence-electron chi connectivity index (χ0n) is 8.89. The second kappa shape index (κ2) is 4.26. The van der Waals surface area contributed by atoms with Crippen LogP contribution in [0.15, 0.2) is 18.2 Å². The summed E-state index contributed by atoms with van der Waals surface area (Å²) in [6.07, 6.45) is 0.884. The van der Waals surface area contributed by atoms with E-state index in [1.165, 1.54) is 6.07 Å². The summed E-state index contributed by atoms with van der Waals surface area (Å²) >= 11 is 0. The lowest BCUT2D eigenvalue weighted by molar-refractivity contribution is 0.578. The molecule has 0 radical (unpaired) electrons. The topological polar surface area (TPSA) is 69.6 Å². The van der Waals surface area contributed by atoms with Gasteiger partial charge in [0.25, 0.3) is 0 Å². The van der Waals surface area contributed by atoms with Gasteiger partial charge in [0.2, 0.25) is 0 Å². The standard InChI is InChI=1S/C10H12FN5/c1-2-5-16-10(13-14-15-16)8-4-3-7(12)6-9(8)11/h3-4,6H,2,5,12H2,1H3. The molecule has 0 aliphatic heterocycles. The molecule has 0 unspecified atom stereocenters. The van der Waals surface area contributed by atoms with Gasteiger partial charge in [-0.05, 0) is 35.0 Å². The molecule has 2 N–H and O–H groups in total. The van der Waals surface area contributed by atoms with E-state index >= 15 is 0 Å². The second-order valence-corrected chi connectivity index (χ2v) is 3.46. The van der Waals surface area contributed by atoms with Crippen LogP contribution in [0.5, 0.6) is 0 Å². The van der Waals surface area contributed by atoms with Crippen LogP contribution >= 0.6 is 0 Å². The third kappa shape index (κ3) is 1.86. The number of tetrazole rings is 1. The van der Waals surface area contributed by atoms with Gasteiger partial charge in [0.05, 0.1) is 5.56 Å². The normalized spacial score (nSPS) is 10.6. The van der Waals surface area contributed by atoms with Gasteiger partial charge in [-0.15, -0.1) is 5.10 Å². The summed E-state index contributed by atoms with van der Waals surface area (Å²) in [5, 5.41) is 11.2. The predicted molar refractivity (Wildman–Crippen MR) is 57.9 cm³/mol. The molecule has 6 heteroatoms. The van der Waals surface area contributed by atoms with E-state index in [4.69, 9.17) is 5.73 Å². The van der Waals surface area contributed by atoms with Crippen molar-refractivity contribution < 1.29 is 4.39 Å². The van der Waals surface area contributed by atoms with E-state index in [0.717, 1.165) is 6.42 Å². The quantitative estimate of drug-likeness (QED) is 0.797. The third-order valence-electron chi connectivity index (χ3n) is 2.20. The van der Waals surface area contributed by atoms with Crippen LogP contribution in [-0.2, 0) is 6.54 Å². The average Bonchev–Trinajstić information content (AvgIpc) is 2.67. The van der Waals surface area contributed by atoms with Gasteiger partial charge in [0, 0.05) is 12.2 Å². The number of anilines is 1. The van der Waals surface area contributed by atoms with E-state index in [0.29, 0.717) is 23.6 Å². The first-order valence-electron chi connectivity index (χ1n) is 5.04. The Kier molecular flexibility index (Phi) is 2.80. The molecule has 0 aliphatic rings. The van der Waals surface area contributed by atoms with E-state index in [1.807, 2.05) is 6.92 Å². The minimum Gasteiger partial charge on any atom is -0.399 e. The lowest BCUT2D eigenvalue weighted by Crippen LogP contribution is -2.03. The lowest BCUT2D eigenvalue weighted by Gasteiger charge is -2.04. The maximum absolute atomic E-state index is 13.6. The second-order valence-electron chi connectivity index (χ2n) is 3.46. The number of hydrogen-bond acceptors (Lipinski definition) is 4. The fraction of sp³-hybridized carbons (Fsp3) is 0.300. The van der Waals surface area contributed by atoms with Crippen molar-refractivity contribution in [3.63, 3.8) is 0 Å². The predicted octanol–water partition coefficient (Wildman–Crippen LogP) is 1.47. The van der Waals surface area contributed by atoms with E-state index in [-0.39, 0.29) is 0 Å². The van der Waals surface area contributed by atoms with Crippen molar-refractivity contribution in [2.24, 2.45) is 0 Å². The van der Waals surface area contributed by atoms with Crippen LogP contribution in [0.25, 0.3) is 11.4 Å². The molecule has 1 heterocycles. The molecule has 2 aromatic rings. The maximum Gasteiger partial charge on any atom is 0.184 e. The number of halogens is 1. The number of nitrogens with two attached hydrogens (primary N) is 1. The Bertz CT molecular complexity index is 494. The van der Waals surface area contributed by atoms with Crippen LogP contribution in [0.3, 0.4) is 0 Å². The Labute approximate surface area is 92.1 Å². The Balaban J connectivity index is 2.46. The molecule has 84 valence electrons. The summed E-state index contributed by atoms with van der Waals surface area (Å²) in [5.74, 6) is 0.0199. The number of rotatable bonds is 3. The van der Waals surface area contributed by atoms with Crippen LogP contribution < -0.4 is 5.73 Å². The fourth-order valence-corrected chi connectivity index (χ4v) is 1.47. The van der Waals surface area contributed by atoms with Gasteiger partial charge in [-0.3, -0.25) is 0 Å². The summed E-state index contributed by atoms with van der Waals surface area (Å²) in [6.45, 7) is 2.66. The highest BCUT2D eigenvalue weighted by Gasteiger charge is 2.12. The zero-order chi connectivity index (χ0) is 11.5. The monoisotopic (exact) mass is 221 g/mol. The summed E-state index contributed by atoms with van der Waals surface area (Å²) in [6, 6.07) is 4.48. The highest BCUT2D eigenvalue weighted by atomic mass is 19.1. The minimum absolute atomic E-state index is 0.368. The van der Waals surface area contributed by atoms with Gasteiger partial charge >= 0.3 is 0 Å². The van der Waals surface area contributed by atoms with Crippen molar-refractivity contribution in [1.29, 1.82) is 0 Å². The average molecular weight is 221 g/mol. The van der Waals surface area contributed by atoms with E-state index < -0.39 is 5.82 Å². The number of aromatic nitrogens is 4. The summed E-state index contributed by atoms with van der Waals surface area (Å²) < 4.78 is 15.2. The molecule has 1 aromatic carbocycles. The van der Waals surface area contributed by atoms with Crippen LogP contribution in [-0.4, -0.2) is 20.2 Å². The SMILES string of the molecule is CCCn1nnnc1-c1ccc(N)cc1F. The molecule has 0 amide bonds. The molecular formula is C10H12FN5. The number of aryl methyl sites for hydroxylation is 1. The van der Waals surface area contributed by atoms with Gasteiger partial charge in [-0.25, -0.2) is 9.07 Å². The van der Waals surface area contributed by atoms with Crippen LogP contribution in [0, 0.1) is 5.82 Å². The molecule has 0 bridgehead atoms. The van der Waals surface area contributed by atoms with E-state index in [9.17, 15) is 4.39 Å². The number of benzene rings is 1. The van der Waals surface area contributed by atoms with Crippen molar-refractivity contribution in [1.82, 2.24) is 20.2 Å². The summed E-state index contributed by atoms with van der Waals surface area (Å²) in [5.41, 5.74) is 6.23. The molecule has 0 atom stereocenters. The van der Waals surface area contributed by atoms with Crippen molar-refractivity contribution in [2.45, 2.75) is 19.9 Å². The molecule has 5 nitrogen and oxygen atoms in total. The van der Waals surface area contributed by atoms with Crippen LogP contribution in [0.1, 0.15) is 13.3 Å². The fourth-order valence-electron chi connectivity index (χ4n) is 1.47. The Hall–Kier alpha value is -1.98. The Morgan fingerprint density at radius 2 is 2.25 bits per heavy atom. The van der Waals surface area contributed by atoms with Gasteiger partial charge in [0.15, 0.2) is 5.82 Å². The van der Waals surface area contributed by atoms with Crippen molar-refractivity contribution >= 4 is 5.69 Å². The molecule has 1 aromatic heterocycles. The van der Waals surface area contributed by atoms with E-state index in [2.05, 4.69) is 15.5 Å². The van der Waals surface area contributed by atoms with Crippen molar-refractivity contribution in [3.05, 3.63) is 24.0 Å². The number of nitrogen functional groups attached to an aromatic ring is 1. The molecule has 2 rings (SSSR count). The molecular weight excluding hydrogens is 209 g/mol. The van der Waals surface area contributed by atoms with Gasteiger partial charge in [-0.2, -0.15) is 0 Å². The number of nitrogens with zero attached hydrogens (tertiary/aromatic N) is 4. The highest BCUT2D eigenvalue weighted by molar-refractivity contribution is 5.59. The first-order chi connectivity index (χ1) is 7.72. The Morgan fingerprint density at radius 3 is 2.94 bits per heavy atom. The molecule has 0 saturated heterocycles. The van der Waals surface area contributed by atoms with Crippen LogP contribution in [0.2, 0.25) is 0 Å². The minimum atomic E-state index is -0.410. The lowest BCUT2D eigenvalue weighted by atomic mass is 10.2. The molecule has 16 heavy (non-hydrogen) atoms. The van der Waals surface area contributed by atoms with Gasteiger partial charge in [-0.1, -0.05) is 6.92 Å². The molecule has 0 saturated carbocycles. The Morgan fingerprint density at radius 1 is 1.44 bits per heavy atom. The van der Waals surface area contributed by atoms with Crippen molar-refractivity contribution in [3.8, 4) is 11.4 Å². The largest absolute Gasteiger partial charge is 0.399 e. The van der Waals surface area contributed by atoms with Crippen LogP contribution in [0.4, 0.5) is 10.1 Å². The van der Waals surface area contributed by atoms with E-state index in [1.54, 1.807) is 16.8 Å². The molecule has 0 spiro atoms. The first kappa shape index (κ1) is 10.5. The maximum atomic E-state index is 13.6. The zero-order valence-corrected chi connectivity index (χ0v) is 8.89. The smallest absolute Gasteiger partial charge is 0.184 e. The third-order valence-corrected chi connectivity index (χ3v) is 2.20. The highest BCUT2D eigenvalue weighted by Crippen LogP contribution is 2.21. The summed E-state index contributed by atoms with van der Waals surface area (Å²) in [7, 11) is 0. The van der Waals surface area contributed by atoms with Crippen molar-refractivity contribution in [2.75, 3.05) is 5.73 Å². The molecule has 0 aliphatic carbocycles. The summed E-state index contributed by atoms with van der Waals surface area (Å²) in [4.78, 5) is 0.